The maximum Gasteiger partial charge on any atom is -0.00948 e. The van der Waals surface area contributed by atoms with Gasteiger partial charge in [-0.05, 0) is 229 Å². The molecule has 0 atom stereocenters. The topological polar surface area (TPSA) is 0 Å². The van der Waals surface area contributed by atoms with Gasteiger partial charge in [0.2, 0.25) is 0 Å². The number of fused-ring (bicyclic) bond motifs is 1. The lowest BCUT2D eigenvalue weighted by Gasteiger charge is -2.20. The summed E-state index contributed by atoms with van der Waals surface area (Å²) in [5.74, 6) is 0. The summed E-state index contributed by atoms with van der Waals surface area (Å²) in [5.41, 5.74) is 30.6. The number of hydrogen-bond acceptors (Lipinski definition) is 0. The van der Waals surface area contributed by atoms with Crippen molar-refractivity contribution in [1.82, 2.24) is 0 Å². The highest BCUT2D eigenvalue weighted by Gasteiger charge is 2.18. The molecule has 328 valence electrons. The largest absolute Gasteiger partial charge is 0.0616 e. The fourth-order valence-electron chi connectivity index (χ4n) is 10.6. The molecule has 0 fully saturated rings. The lowest BCUT2D eigenvalue weighted by Crippen LogP contribution is -2.01. The fraction of sp³-hybridized carbons (Fsp3) is 0.182. The van der Waals surface area contributed by atoms with Gasteiger partial charge in [-0.2, -0.15) is 0 Å². The van der Waals surface area contributed by atoms with E-state index in [2.05, 4.69) is 253 Å². The SMILES string of the molecule is Cc1cc(C)c(C(=Cc2ccc(/C=C/c3cc4ccccc4cc3/C=C/c3ccc(C=C(c4c(C)cc(C)cc4C)c4c(C)cc(C)cc4C)cc3)cc2)c2c(C)cc(C)cc2C)c(C)c1. The summed E-state index contributed by atoms with van der Waals surface area (Å²) in [5, 5.41) is 2.46. The average Bonchev–Trinajstić information content (AvgIpc) is 3.24. The minimum atomic E-state index is 1.16. The monoisotopic (exact) mass is 857 g/mol. The summed E-state index contributed by atoms with van der Waals surface area (Å²) in [4.78, 5) is 0. The van der Waals surface area contributed by atoms with Crippen molar-refractivity contribution in [1.29, 1.82) is 0 Å². The second-order valence-electron chi connectivity index (χ2n) is 19.0. The lowest BCUT2D eigenvalue weighted by atomic mass is 9.84. The van der Waals surface area contributed by atoms with Crippen LogP contribution in [0.1, 0.15) is 122 Å². The van der Waals surface area contributed by atoms with Crippen LogP contribution in [-0.2, 0) is 0 Å². The predicted octanol–water partition coefficient (Wildman–Crippen LogP) is 18.1. The summed E-state index contributed by atoms with van der Waals surface area (Å²) < 4.78 is 0. The van der Waals surface area contributed by atoms with Crippen molar-refractivity contribution in [2.45, 2.75) is 83.1 Å². The highest BCUT2D eigenvalue weighted by Crippen LogP contribution is 2.38. The molecule has 0 aromatic heterocycles. The van der Waals surface area contributed by atoms with Crippen LogP contribution in [-0.4, -0.2) is 0 Å². The van der Waals surface area contributed by atoms with Crippen LogP contribution >= 0.6 is 0 Å². The van der Waals surface area contributed by atoms with E-state index in [9.17, 15) is 0 Å². The van der Waals surface area contributed by atoms with E-state index in [1.807, 2.05) is 0 Å². The Morgan fingerprint density at radius 2 is 0.515 bits per heavy atom. The van der Waals surface area contributed by atoms with Crippen LogP contribution in [0.25, 0.3) is 58.4 Å². The second-order valence-corrected chi connectivity index (χ2v) is 19.0. The molecular formula is C66H64. The van der Waals surface area contributed by atoms with Gasteiger partial charge in [0, 0.05) is 0 Å². The number of hydrogen-bond donors (Lipinski definition) is 0. The van der Waals surface area contributed by atoms with E-state index in [4.69, 9.17) is 0 Å². The van der Waals surface area contributed by atoms with Gasteiger partial charge in [0.15, 0.2) is 0 Å². The van der Waals surface area contributed by atoms with E-state index in [1.165, 1.54) is 133 Å². The molecule has 0 aliphatic heterocycles. The van der Waals surface area contributed by atoms with E-state index in [0.717, 1.165) is 11.1 Å². The molecule has 0 amide bonds. The molecule has 0 heteroatoms. The second kappa shape index (κ2) is 19.2. The van der Waals surface area contributed by atoms with Crippen LogP contribution in [0.3, 0.4) is 0 Å². The number of aryl methyl sites for hydroxylation is 12. The van der Waals surface area contributed by atoms with Gasteiger partial charge in [-0.3, -0.25) is 0 Å². The summed E-state index contributed by atoms with van der Waals surface area (Å²) in [6.07, 6.45) is 13.8. The van der Waals surface area contributed by atoms with Gasteiger partial charge in [0.1, 0.15) is 0 Å². The van der Waals surface area contributed by atoms with Gasteiger partial charge in [-0.25, -0.2) is 0 Å². The first-order valence-corrected chi connectivity index (χ1v) is 23.5. The first kappa shape index (κ1) is 45.5. The van der Waals surface area contributed by atoms with Crippen LogP contribution in [0.5, 0.6) is 0 Å². The van der Waals surface area contributed by atoms with Crippen LogP contribution < -0.4 is 0 Å². The molecule has 0 saturated heterocycles. The molecule has 66 heavy (non-hydrogen) atoms. The zero-order valence-electron chi connectivity index (χ0n) is 41.2. The highest BCUT2D eigenvalue weighted by molar-refractivity contribution is 5.97. The molecule has 0 bridgehead atoms. The Kier molecular flexibility index (Phi) is 13.3. The first-order valence-electron chi connectivity index (χ1n) is 23.5. The van der Waals surface area contributed by atoms with Crippen molar-refractivity contribution in [3.63, 3.8) is 0 Å². The molecule has 8 rings (SSSR count). The minimum Gasteiger partial charge on any atom is -0.0616 e. The molecule has 0 nitrogen and oxygen atoms in total. The molecule has 0 radical (unpaired) electrons. The fourth-order valence-corrected chi connectivity index (χ4v) is 10.6. The zero-order chi connectivity index (χ0) is 46.8. The van der Waals surface area contributed by atoms with Crippen LogP contribution in [0, 0.1) is 83.1 Å². The van der Waals surface area contributed by atoms with E-state index in [1.54, 1.807) is 0 Å². The van der Waals surface area contributed by atoms with Crippen LogP contribution in [0.2, 0.25) is 0 Å². The maximum atomic E-state index is 2.38. The predicted molar refractivity (Wildman–Crippen MR) is 291 cm³/mol. The Labute approximate surface area is 395 Å². The Morgan fingerprint density at radius 1 is 0.273 bits per heavy atom. The Hall–Kier alpha value is -7.02. The van der Waals surface area contributed by atoms with Crippen LogP contribution in [0.4, 0.5) is 0 Å². The number of benzene rings is 8. The van der Waals surface area contributed by atoms with Crippen molar-refractivity contribution < 1.29 is 0 Å². The summed E-state index contributed by atoms with van der Waals surface area (Å²) in [7, 11) is 0. The third-order valence-corrected chi connectivity index (χ3v) is 13.1. The Bertz CT molecular complexity index is 2830. The molecule has 0 heterocycles. The number of rotatable bonds is 10. The summed E-state index contributed by atoms with van der Waals surface area (Å²) >= 11 is 0. The average molecular weight is 857 g/mol. The Balaban J connectivity index is 1.10. The molecule has 0 spiro atoms. The van der Waals surface area contributed by atoms with Crippen molar-refractivity contribution in [3.05, 3.63) is 256 Å². The molecule has 0 saturated carbocycles. The zero-order valence-corrected chi connectivity index (χ0v) is 41.2. The molecule has 0 N–H and O–H groups in total. The molecule has 0 aliphatic rings. The molecule has 0 aliphatic carbocycles. The lowest BCUT2D eigenvalue weighted by molar-refractivity contribution is 1.25. The van der Waals surface area contributed by atoms with E-state index >= 15 is 0 Å². The van der Waals surface area contributed by atoms with Gasteiger partial charge in [-0.15, -0.1) is 0 Å². The first-order chi connectivity index (χ1) is 31.6. The summed E-state index contributed by atoms with van der Waals surface area (Å²) in [6.45, 7) is 26.7. The van der Waals surface area contributed by atoms with Crippen molar-refractivity contribution >= 4 is 58.4 Å². The van der Waals surface area contributed by atoms with E-state index in [0.29, 0.717) is 0 Å². The van der Waals surface area contributed by atoms with Gasteiger partial charge >= 0.3 is 0 Å². The minimum absolute atomic E-state index is 1.16. The normalized spacial score (nSPS) is 11.5. The van der Waals surface area contributed by atoms with Crippen molar-refractivity contribution in [2.24, 2.45) is 0 Å². The van der Waals surface area contributed by atoms with Gasteiger partial charge in [-0.1, -0.05) is 168 Å². The van der Waals surface area contributed by atoms with E-state index < -0.39 is 0 Å². The van der Waals surface area contributed by atoms with Crippen molar-refractivity contribution in [3.8, 4) is 0 Å². The molecule has 0 unspecified atom stereocenters. The molecule has 8 aromatic carbocycles. The van der Waals surface area contributed by atoms with Gasteiger partial charge < -0.3 is 0 Å². The van der Waals surface area contributed by atoms with Gasteiger partial charge in [0.05, 0.1) is 0 Å². The van der Waals surface area contributed by atoms with Gasteiger partial charge in [0.25, 0.3) is 0 Å². The summed E-state index contributed by atoms with van der Waals surface area (Å²) in [6, 6.07) is 49.7. The van der Waals surface area contributed by atoms with Crippen LogP contribution in [0.15, 0.2) is 133 Å². The molecule has 8 aromatic rings. The highest BCUT2D eigenvalue weighted by atomic mass is 14.2. The maximum absolute atomic E-state index is 2.38. The third-order valence-electron chi connectivity index (χ3n) is 13.1. The smallest absolute Gasteiger partial charge is 0.00948 e. The molecular weight excluding hydrogens is 793 g/mol. The van der Waals surface area contributed by atoms with Crippen molar-refractivity contribution in [2.75, 3.05) is 0 Å². The quantitative estimate of drug-likeness (QED) is 0.120. The van der Waals surface area contributed by atoms with E-state index in [-0.39, 0.29) is 0 Å². The Morgan fingerprint density at radius 3 is 0.773 bits per heavy atom. The third kappa shape index (κ3) is 9.95. The standard InChI is InChI=1S/C66H64/c1-41-29-45(5)63(46(6)30-41)61(64-47(7)31-42(2)32-48(64)8)37-55-21-17-53(18-22-55)25-27-59-39-57-15-13-14-16-58(57)40-60(59)28-26-54-19-23-56(24-20-54)38-62(65-49(9)33-43(3)34-50(65)10)66-51(11)35-44(4)36-52(66)12/h13-40H,1-12H3/b27-25+,28-26+.